The van der Waals surface area contributed by atoms with E-state index in [4.69, 9.17) is 33.2 Å². The number of hydrogen-bond donors (Lipinski definition) is 1. The normalized spacial score (nSPS) is 11.0. The lowest BCUT2D eigenvalue weighted by Crippen LogP contribution is -2.13. The maximum atomic E-state index is 12.6. The molecule has 0 atom stereocenters. The Morgan fingerprint density at radius 3 is 2.70 bits per heavy atom. The lowest BCUT2D eigenvalue weighted by atomic mass is 10.3. The summed E-state index contributed by atoms with van der Waals surface area (Å²) in [7, 11) is -4.01. The molecule has 0 aliphatic heterocycles. The molecule has 3 aromatic heterocycles. The van der Waals surface area contributed by atoms with Crippen molar-refractivity contribution in [1.29, 1.82) is 5.26 Å². The Kier molecular flexibility index (Phi) is 5.53. The Bertz CT molecular complexity index is 1140. The highest BCUT2D eigenvalue weighted by Crippen LogP contribution is 2.36. The van der Waals surface area contributed by atoms with Gasteiger partial charge >= 0.3 is 0 Å². The first-order valence-electron chi connectivity index (χ1n) is 7.27. The second-order valence-electron chi connectivity index (χ2n) is 5.17. The number of sulfonamides is 1. The maximum Gasteiger partial charge on any atom is 0.271 e. The standard InChI is InChI=1S/C16H10Cl2N4O3S2/c1-9-13(3-2-4-20-9)25-16-12(5-10(7-19)8-21-16)22-27(23,24)14-6-11(17)15(18)26-14/h2-6,8,22H,1H3. The molecular weight excluding hydrogens is 431 g/mol. The Hall–Kier alpha value is -2.38. The third-order valence-electron chi connectivity index (χ3n) is 3.28. The molecule has 0 saturated carbocycles. The van der Waals surface area contributed by atoms with Crippen LogP contribution < -0.4 is 9.46 Å². The van der Waals surface area contributed by atoms with Crippen molar-refractivity contribution < 1.29 is 13.2 Å². The molecule has 3 aromatic rings. The number of rotatable bonds is 5. The van der Waals surface area contributed by atoms with Crippen LogP contribution in [0.25, 0.3) is 0 Å². The fourth-order valence-electron chi connectivity index (χ4n) is 2.00. The van der Waals surface area contributed by atoms with Crippen molar-refractivity contribution in [3.8, 4) is 17.7 Å². The number of thiophene rings is 1. The number of nitrogens with zero attached hydrogens (tertiary/aromatic N) is 3. The summed E-state index contributed by atoms with van der Waals surface area (Å²) in [4.78, 5) is 8.14. The molecule has 0 aromatic carbocycles. The van der Waals surface area contributed by atoms with Crippen molar-refractivity contribution in [2.45, 2.75) is 11.1 Å². The topological polar surface area (TPSA) is 105 Å². The number of aryl methyl sites for hydroxylation is 1. The van der Waals surface area contributed by atoms with E-state index < -0.39 is 10.0 Å². The monoisotopic (exact) mass is 440 g/mol. The first-order valence-corrected chi connectivity index (χ1v) is 10.3. The molecule has 0 bridgehead atoms. The molecule has 0 saturated heterocycles. The summed E-state index contributed by atoms with van der Waals surface area (Å²) in [6, 6.07) is 7.80. The Morgan fingerprint density at radius 2 is 2.07 bits per heavy atom. The van der Waals surface area contributed by atoms with Gasteiger partial charge in [-0.05, 0) is 31.2 Å². The molecule has 138 valence electrons. The van der Waals surface area contributed by atoms with Crippen LogP contribution in [0, 0.1) is 18.3 Å². The molecule has 1 N–H and O–H groups in total. The quantitative estimate of drug-likeness (QED) is 0.620. The van der Waals surface area contributed by atoms with Crippen LogP contribution >= 0.6 is 34.5 Å². The summed E-state index contributed by atoms with van der Waals surface area (Å²) in [5, 5.41) is 9.22. The largest absolute Gasteiger partial charge is 0.435 e. The van der Waals surface area contributed by atoms with Crippen molar-refractivity contribution in [3.05, 3.63) is 57.3 Å². The zero-order valence-corrected chi connectivity index (χ0v) is 16.7. The fourth-order valence-corrected chi connectivity index (χ4v) is 4.93. The summed E-state index contributed by atoms with van der Waals surface area (Å²) in [5.74, 6) is 0.375. The highest BCUT2D eigenvalue weighted by Gasteiger charge is 2.22. The number of nitriles is 1. The number of anilines is 1. The third kappa shape index (κ3) is 4.31. The zero-order valence-electron chi connectivity index (χ0n) is 13.6. The highest BCUT2D eigenvalue weighted by atomic mass is 35.5. The molecule has 7 nitrogen and oxygen atoms in total. The molecular formula is C16H10Cl2N4O3S2. The van der Waals surface area contributed by atoms with E-state index in [1.807, 2.05) is 6.07 Å². The van der Waals surface area contributed by atoms with E-state index in [9.17, 15) is 8.42 Å². The Morgan fingerprint density at radius 1 is 1.30 bits per heavy atom. The van der Waals surface area contributed by atoms with Gasteiger partial charge in [0.25, 0.3) is 10.0 Å². The van der Waals surface area contributed by atoms with Crippen LogP contribution in [0.15, 0.2) is 40.9 Å². The molecule has 3 rings (SSSR count). The van der Waals surface area contributed by atoms with Crippen LogP contribution in [-0.4, -0.2) is 18.4 Å². The minimum Gasteiger partial charge on any atom is -0.435 e. The van der Waals surface area contributed by atoms with Gasteiger partial charge in [0, 0.05) is 12.4 Å². The van der Waals surface area contributed by atoms with Gasteiger partial charge in [0.15, 0.2) is 5.75 Å². The second kappa shape index (κ2) is 7.70. The van der Waals surface area contributed by atoms with Crippen molar-refractivity contribution in [2.24, 2.45) is 0 Å². The van der Waals surface area contributed by atoms with Crippen LogP contribution in [0.2, 0.25) is 9.36 Å². The van der Waals surface area contributed by atoms with Gasteiger partial charge in [-0.25, -0.2) is 13.4 Å². The van der Waals surface area contributed by atoms with Crippen LogP contribution in [-0.2, 0) is 10.0 Å². The van der Waals surface area contributed by atoms with Crippen molar-refractivity contribution in [3.63, 3.8) is 0 Å². The van der Waals surface area contributed by atoms with Crippen molar-refractivity contribution in [2.75, 3.05) is 4.72 Å². The van der Waals surface area contributed by atoms with Gasteiger partial charge in [0.05, 0.1) is 16.3 Å². The van der Waals surface area contributed by atoms with Gasteiger partial charge < -0.3 is 4.74 Å². The number of aromatic nitrogens is 2. The minimum absolute atomic E-state index is 0.00190. The summed E-state index contributed by atoms with van der Waals surface area (Å²) in [6.45, 7) is 1.73. The van der Waals surface area contributed by atoms with Gasteiger partial charge in [-0.1, -0.05) is 23.2 Å². The van der Waals surface area contributed by atoms with Crippen LogP contribution in [0.1, 0.15) is 11.3 Å². The van der Waals surface area contributed by atoms with Crippen LogP contribution in [0.4, 0.5) is 5.69 Å². The van der Waals surface area contributed by atoms with Crippen LogP contribution in [0.5, 0.6) is 11.6 Å². The van der Waals surface area contributed by atoms with E-state index >= 15 is 0 Å². The maximum absolute atomic E-state index is 12.6. The van der Waals surface area contributed by atoms with E-state index in [0.29, 0.717) is 11.4 Å². The predicted molar refractivity (Wildman–Crippen MR) is 103 cm³/mol. The molecule has 3 heterocycles. The molecule has 0 amide bonds. The summed E-state index contributed by atoms with van der Waals surface area (Å²) >= 11 is 12.5. The van der Waals surface area contributed by atoms with Gasteiger partial charge in [0.1, 0.15) is 20.3 Å². The molecule has 27 heavy (non-hydrogen) atoms. The Balaban J connectivity index is 2.01. The summed E-state index contributed by atoms with van der Waals surface area (Å²) in [5.41, 5.74) is 0.748. The SMILES string of the molecule is Cc1ncccc1Oc1ncc(C#N)cc1NS(=O)(=O)c1cc(Cl)c(Cl)s1. The average Bonchev–Trinajstić information content (AvgIpc) is 2.98. The van der Waals surface area contributed by atoms with E-state index in [0.717, 1.165) is 11.3 Å². The summed E-state index contributed by atoms with van der Waals surface area (Å²) in [6.07, 6.45) is 2.88. The number of nitrogens with one attached hydrogen (secondary N) is 1. The van der Waals surface area contributed by atoms with Crippen LogP contribution in [0.3, 0.4) is 0 Å². The van der Waals surface area contributed by atoms with Crippen molar-refractivity contribution in [1.82, 2.24) is 9.97 Å². The average molecular weight is 441 g/mol. The molecule has 0 unspecified atom stereocenters. The minimum atomic E-state index is -4.01. The first kappa shape index (κ1) is 19.4. The predicted octanol–water partition coefficient (Wildman–Crippen LogP) is 4.62. The van der Waals surface area contributed by atoms with Gasteiger partial charge in [-0.3, -0.25) is 9.71 Å². The molecule has 11 heteroatoms. The molecule has 0 aliphatic rings. The second-order valence-corrected chi connectivity index (χ2v) is 9.14. The lowest BCUT2D eigenvalue weighted by molar-refractivity contribution is 0.459. The summed E-state index contributed by atoms with van der Waals surface area (Å²) < 4.78 is 33.4. The lowest BCUT2D eigenvalue weighted by Gasteiger charge is -2.13. The molecule has 0 aliphatic carbocycles. The number of hydrogen-bond acceptors (Lipinski definition) is 7. The highest BCUT2D eigenvalue weighted by molar-refractivity contribution is 7.94. The fraction of sp³-hybridized carbons (Fsp3) is 0.0625. The van der Waals surface area contributed by atoms with E-state index in [-0.39, 0.29) is 30.7 Å². The van der Waals surface area contributed by atoms with E-state index in [1.54, 1.807) is 25.3 Å². The zero-order chi connectivity index (χ0) is 19.6. The van der Waals surface area contributed by atoms with E-state index in [2.05, 4.69) is 14.7 Å². The van der Waals surface area contributed by atoms with Gasteiger partial charge in [-0.2, -0.15) is 5.26 Å². The number of halogens is 2. The molecule has 0 radical (unpaired) electrons. The number of ether oxygens (including phenoxy) is 1. The third-order valence-corrected chi connectivity index (χ3v) is 6.98. The Labute approximate surface area is 169 Å². The smallest absolute Gasteiger partial charge is 0.271 e. The molecule has 0 fully saturated rings. The molecule has 0 spiro atoms. The van der Waals surface area contributed by atoms with Gasteiger partial charge in [0.2, 0.25) is 5.88 Å². The van der Waals surface area contributed by atoms with E-state index in [1.165, 1.54) is 18.3 Å². The van der Waals surface area contributed by atoms with Crippen molar-refractivity contribution >= 4 is 50.2 Å². The first-order chi connectivity index (χ1) is 12.8. The number of pyridine rings is 2. The van der Waals surface area contributed by atoms with Gasteiger partial charge in [-0.15, -0.1) is 11.3 Å².